The average molecular weight is 208 g/mol. The van der Waals surface area contributed by atoms with E-state index in [4.69, 9.17) is 0 Å². The summed E-state index contributed by atoms with van der Waals surface area (Å²) in [6.07, 6.45) is 6.54. The summed E-state index contributed by atoms with van der Waals surface area (Å²) in [6, 6.07) is 8.35. The van der Waals surface area contributed by atoms with Gasteiger partial charge in [0.2, 0.25) is 0 Å². The van der Waals surface area contributed by atoms with E-state index in [1.807, 2.05) is 0 Å². The van der Waals surface area contributed by atoms with E-state index in [9.17, 15) is 0 Å². The Morgan fingerprint density at radius 3 is 2.25 bits per heavy atom. The summed E-state index contributed by atoms with van der Waals surface area (Å²) in [7, 11) is 0. The zero-order chi connectivity index (χ0) is 11.4. The molecular formula is C16H16. The summed E-state index contributed by atoms with van der Waals surface area (Å²) < 4.78 is 0. The van der Waals surface area contributed by atoms with Crippen molar-refractivity contribution in [1.29, 1.82) is 0 Å². The van der Waals surface area contributed by atoms with Gasteiger partial charge in [-0.1, -0.05) is 47.3 Å². The van der Waals surface area contributed by atoms with Gasteiger partial charge in [-0.15, -0.1) is 0 Å². The molecule has 0 heteroatoms. The first-order valence-electron chi connectivity index (χ1n) is 5.69. The SMILES string of the molecule is CC1=CC=C(C#Cc2ccc(C)cc2)CC1. The lowest BCUT2D eigenvalue weighted by Gasteiger charge is -2.05. The summed E-state index contributed by atoms with van der Waals surface area (Å²) in [4.78, 5) is 0. The van der Waals surface area contributed by atoms with E-state index in [2.05, 4.69) is 62.1 Å². The van der Waals surface area contributed by atoms with Crippen molar-refractivity contribution in [3.05, 3.63) is 58.7 Å². The molecule has 2 rings (SSSR count). The van der Waals surface area contributed by atoms with Crippen LogP contribution in [0.25, 0.3) is 0 Å². The van der Waals surface area contributed by atoms with Crippen molar-refractivity contribution in [1.82, 2.24) is 0 Å². The van der Waals surface area contributed by atoms with Crippen molar-refractivity contribution >= 4 is 0 Å². The highest BCUT2D eigenvalue weighted by Gasteiger charge is 1.99. The second-order valence-electron chi connectivity index (χ2n) is 4.32. The fourth-order valence-corrected chi connectivity index (χ4v) is 1.63. The minimum Gasteiger partial charge on any atom is -0.0729 e. The lowest BCUT2D eigenvalue weighted by molar-refractivity contribution is 0.934. The molecule has 1 aliphatic carbocycles. The fourth-order valence-electron chi connectivity index (χ4n) is 1.63. The molecule has 0 spiro atoms. The van der Waals surface area contributed by atoms with Crippen LogP contribution in [-0.2, 0) is 0 Å². The van der Waals surface area contributed by atoms with Crippen LogP contribution in [0.5, 0.6) is 0 Å². The van der Waals surface area contributed by atoms with E-state index < -0.39 is 0 Å². The number of benzene rings is 1. The predicted molar refractivity (Wildman–Crippen MR) is 69.1 cm³/mol. The molecule has 0 nitrogen and oxygen atoms in total. The Labute approximate surface area is 97.7 Å². The second kappa shape index (κ2) is 4.86. The molecule has 0 unspecified atom stereocenters. The minimum atomic E-state index is 1.08. The largest absolute Gasteiger partial charge is 0.0729 e. The third-order valence-electron chi connectivity index (χ3n) is 2.78. The highest BCUT2D eigenvalue weighted by atomic mass is 14.0. The quantitative estimate of drug-likeness (QED) is 0.565. The number of allylic oxidation sites excluding steroid dienone is 4. The maximum Gasteiger partial charge on any atom is 0.0249 e. The average Bonchev–Trinajstić information content (AvgIpc) is 2.30. The molecule has 0 aliphatic heterocycles. The minimum absolute atomic E-state index is 1.08. The third kappa shape index (κ3) is 2.87. The van der Waals surface area contributed by atoms with Gasteiger partial charge in [-0.25, -0.2) is 0 Å². The zero-order valence-electron chi connectivity index (χ0n) is 9.88. The first-order valence-corrected chi connectivity index (χ1v) is 5.69. The van der Waals surface area contributed by atoms with E-state index in [1.165, 1.54) is 16.7 Å². The maximum absolute atomic E-state index is 3.24. The molecule has 0 heterocycles. The summed E-state index contributed by atoms with van der Waals surface area (Å²) in [5.74, 6) is 6.45. The van der Waals surface area contributed by atoms with Gasteiger partial charge in [0.05, 0.1) is 0 Å². The molecule has 0 saturated carbocycles. The van der Waals surface area contributed by atoms with Crippen LogP contribution < -0.4 is 0 Å². The predicted octanol–water partition coefficient (Wildman–Crippen LogP) is 4.01. The van der Waals surface area contributed by atoms with Gasteiger partial charge >= 0.3 is 0 Å². The van der Waals surface area contributed by atoms with Crippen LogP contribution in [0.15, 0.2) is 47.6 Å². The van der Waals surface area contributed by atoms with E-state index in [0.29, 0.717) is 0 Å². The summed E-state index contributed by atoms with van der Waals surface area (Å²) >= 11 is 0. The van der Waals surface area contributed by atoms with Crippen molar-refractivity contribution in [3.8, 4) is 11.8 Å². The van der Waals surface area contributed by atoms with Crippen LogP contribution >= 0.6 is 0 Å². The number of hydrogen-bond acceptors (Lipinski definition) is 0. The van der Waals surface area contributed by atoms with E-state index in [0.717, 1.165) is 18.4 Å². The Hall–Kier alpha value is -1.74. The highest BCUT2D eigenvalue weighted by molar-refractivity contribution is 5.43. The van der Waals surface area contributed by atoms with Crippen LogP contribution in [0.3, 0.4) is 0 Å². The normalized spacial score (nSPS) is 14.6. The number of hydrogen-bond donors (Lipinski definition) is 0. The van der Waals surface area contributed by atoms with Crippen molar-refractivity contribution in [2.45, 2.75) is 26.7 Å². The summed E-state index contributed by atoms with van der Waals surface area (Å²) in [5, 5.41) is 0. The van der Waals surface area contributed by atoms with Gasteiger partial charge in [0.15, 0.2) is 0 Å². The first kappa shape index (κ1) is 10.8. The molecule has 1 aromatic rings. The van der Waals surface area contributed by atoms with Gasteiger partial charge in [-0.2, -0.15) is 0 Å². The lowest BCUT2D eigenvalue weighted by Crippen LogP contribution is -1.88. The summed E-state index contributed by atoms with van der Waals surface area (Å²) in [6.45, 7) is 4.26. The first-order chi connectivity index (χ1) is 7.74. The lowest BCUT2D eigenvalue weighted by atomic mass is 10.00. The second-order valence-corrected chi connectivity index (χ2v) is 4.32. The van der Waals surface area contributed by atoms with Crippen molar-refractivity contribution in [3.63, 3.8) is 0 Å². The maximum atomic E-state index is 3.24. The molecular weight excluding hydrogens is 192 g/mol. The molecule has 0 bridgehead atoms. The summed E-state index contributed by atoms with van der Waals surface area (Å²) in [5.41, 5.74) is 5.06. The molecule has 0 aromatic heterocycles. The Morgan fingerprint density at radius 1 is 0.875 bits per heavy atom. The standard InChI is InChI=1S/C16H16/c1-13-3-7-15(8-4-13)11-12-16-9-5-14(2)6-10-16/h3-5,7-9H,6,10H2,1-2H3. The van der Waals surface area contributed by atoms with Gasteiger partial charge in [-0.05, 0) is 38.8 Å². The van der Waals surface area contributed by atoms with Crippen LogP contribution in [0.2, 0.25) is 0 Å². The van der Waals surface area contributed by atoms with E-state index in [1.54, 1.807) is 0 Å². The van der Waals surface area contributed by atoms with E-state index >= 15 is 0 Å². The highest BCUT2D eigenvalue weighted by Crippen LogP contribution is 2.16. The number of rotatable bonds is 0. The molecule has 0 N–H and O–H groups in total. The monoisotopic (exact) mass is 208 g/mol. The Kier molecular flexibility index (Phi) is 3.27. The smallest absolute Gasteiger partial charge is 0.0249 e. The number of aryl methyl sites for hydroxylation is 1. The van der Waals surface area contributed by atoms with Crippen LogP contribution in [0.1, 0.15) is 30.9 Å². The van der Waals surface area contributed by atoms with Gasteiger partial charge in [0, 0.05) is 11.1 Å². The van der Waals surface area contributed by atoms with Crippen molar-refractivity contribution < 1.29 is 0 Å². The molecule has 16 heavy (non-hydrogen) atoms. The molecule has 0 saturated heterocycles. The Bertz CT molecular complexity index is 487. The molecule has 0 amide bonds. The van der Waals surface area contributed by atoms with Gasteiger partial charge < -0.3 is 0 Å². The Morgan fingerprint density at radius 2 is 1.62 bits per heavy atom. The van der Waals surface area contributed by atoms with Gasteiger partial charge in [-0.3, -0.25) is 0 Å². The molecule has 0 atom stereocenters. The van der Waals surface area contributed by atoms with Crippen molar-refractivity contribution in [2.24, 2.45) is 0 Å². The zero-order valence-corrected chi connectivity index (χ0v) is 9.88. The van der Waals surface area contributed by atoms with Crippen molar-refractivity contribution in [2.75, 3.05) is 0 Å². The molecule has 80 valence electrons. The molecule has 1 aromatic carbocycles. The molecule has 1 aliphatic rings. The molecule has 0 fully saturated rings. The van der Waals surface area contributed by atoms with Crippen LogP contribution in [0, 0.1) is 18.8 Å². The van der Waals surface area contributed by atoms with E-state index in [-0.39, 0.29) is 0 Å². The third-order valence-corrected chi connectivity index (χ3v) is 2.78. The fraction of sp³-hybridized carbons (Fsp3) is 0.250. The van der Waals surface area contributed by atoms with Crippen LogP contribution in [0.4, 0.5) is 0 Å². The topological polar surface area (TPSA) is 0 Å². The van der Waals surface area contributed by atoms with Crippen LogP contribution in [-0.4, -0.2) is 0 Å². The molecule has 0 radical (unpaired) electrons. The Balaban J connectivity index is 2.13. The van der Waals surface area contributed by atoms with Gasteiger partial charge in [0.1, 0.15) is 0 Å². The van der Waals surface area contributed by atoms with Gasteiger partial charge in [0.25, 0.3) is 0 Å².